The second-order valence-corrected chi connectivity index (χ2v) is 16.2. The first-order chi connectivity index (χ1) is 28.3. The van der Waals surface area contributed by atoms with Crippen LogP contribution < -0.4 is 4.90 Å². The fraction of sp³-hybridized carbons (Fsp3) is 0.0545. The molecule has 9 aromatic rings. The second-order valence-electron chi connectivity index (χ2n) is 15.1. The monoisotopic (exact) mass is 745 g/mol. The van der Waals surface area contributed by atoms with Crippen LogP contribution in [0.3, 0.4) is 0 Å². The van der Waals surface area contributed by atoms with Crippen LogP contribution in [0.4, 0.5) is 17.1 Å². The van der Waals surface area contributed by atoms with Crippen LogP contribution in [0, 0.1) is 0 Å². The Labute approximate surface area is 338 Å². The fourth-order valence-electron chi connectivity index (χ4n) is 9.56. The van der Waals surface area contributed by atoms with Gasteiger partial charge in [0.25, 0.3) is 0 Å². The average molecular weight is 746 g/mol. The quantitative estimate of drug-likeness (QED) is 0.157. The lowest BCUT2D eigenvalue weighted by Crippen LogP contribution is -2.30. The maximum absolute atomic E-state index is 2.51. The minimum atomic E-state index is -0.422. The van der Waals surface area contributed by atoms with Crippen molar-refractivity contribution in [2.75, 3.05) is 4.90 Å². The van der Waals surface area contributed by atoms with Crippen molar-refractivity contribution in [1.29, 1.82) is 0 Å². The van der Waals surface area contributed by atoms with Crippen LogP contribution in [0.25, 0.3) is 53.6 Å². The van der Waals surface area contributed by atoms with Gasteiger partial charge >= 0.3 is 0 Å². The molecule has 1 nitrogen and oxygen atoms in total. The highest BCUT2D eigenvalue weighted by atomic mass is 32.1. The smallest absolute Gasteiger partial charge is 0.0677 e. The van der Waals surface area contributed by atoms with E-state index in [2.05, 4.69) is 217 Å². The summed E-state index contributed by atoms with van der Waals surface area (Å²) in [6, 6.07) is 71.9. The molecule has 1 heterocycles. The largest absolute Gasteiger partial charge is 0.310 e. The van der Waals surface area contributed by atoms with Crippen molar-refractivity contribution in [3.05, 3.63) is 235 Å². The van der Waals surface area contributed by atoms with Crippen LogP contribution in [-0.4, -0.2) is 0 Å². The van der Waals surface area contributed by atoms with Crippen molar-refractivity contribution in [2.45, 2.75) is 18.3 Å². The number of fused-ring (bicyclic) bond motifs is 6. The Morgan fingerprint density at radius 2 is 1.14 bits per heavy atom. The number of thiophene rings is 1. The highest BCUT2D eigenvalue weighted by molar-refractivity contribution is 7.26. The molecule has 11 rings (SSSR count). The molecule has 2 heteroatoms. The fourth-order valence-corrected chi connectivity index (χ4v) is 10.8. The molecule has 270 valence electrons. The van der Waals surface area contributed by atoms with Gasteiger partial charge in [0.2, 0.25) is 0 Å². The Bertz CT molecular complexity index is 2990. The molecule has 2 aliphatic rings. The highest BCUT2D eigenvalue weighted by Crippen LogP contribution is 2.59. The van der Waals surface area contributed by atoms with Gasteiger partial charge in [0.05, 0.1) is 11.1 Å². The number of anilines is 3. The van der Waals surface area contributed by atoms with E-state index >= 15 is 0 Å². The van der Waals surface area contributed by atoms with Crippen molar-refractivity contribution in [3.63, 3.8) is 0 Å². The Balaban J connectivity index is 1.21. The summed E-state index contributed by atoms with van der Waals surface area (Å²) in [5.74, 6) is 0. The van der Waals surface area contributed by atoms with Gasteiger partial charge in [-0.2, -0.15) is 0 Å². The van der Waals surface area contributed by atoms with E-state index in [9.17, 15) is 0 Å². The summed E-state index contributed by atoms with van der Waals surface area (Å²) >= 11 is 1.89. The van der Waals surface area contributed by atoms with E-state index in [1.165, 1.54) is 75.8 Å². The topological polar surface area (TPSA) is 3.24 Å². The molecule has 0 N–H and O–H groups in total. The summed E-state index contributed by atoms with van der Waals surface area (Å²) in [6.07, 6.45) is 9.00. The van der Waals surface area contributed by atoms with Crippen LogP contribution in [0.2, 0.25) is 0 Å². The molecule has 0 saturated carbocycles. The van der Waals surface area contributed by atoms with E-state index in [-0.39, 0.29) is 0 Å². The molecular formula is C55H39NS. The van der Waals surface area contributed by atoms with Gasteiger partial charge in [-0.25, -0.2) is 0 Å². The predicted molar refractivity (Wildman–Crippen MR) is 243 cm³/mol. The minimum Gasteiger partial charge on any atom is -0.310 e. The lowest BCUT2D eigenvalue weighted by Gasteiger charge is -2.37. The molecule has 1 unspecified atom stereocenters. The van der Waals surface area contributed by atoms with E-state index in [1.54, 1.807) is 0 Å². The molecular weight excluding hydrogens is 707 g/mol. The minimum absolute atomic E-state index is 0.422. The average Bonchev–Trinajstić information content (AvgIpc) is 3.81. The molecule has 0 radical (unpaired) electrons. The van der Waals surface area contributed by atoms with E-state index in [1.807, 2.05) is 11.3 Å². The normalized spacial score (nSPS) is 15.7. The third-order valence-corrected chi connectivity index (χ3v) is 13.3. The van der Waals surface area contributed by atoms with Gasteiger partial charge in [-0.3, -0.25) is 0 Å². The summed E-state index contributed by atoms with van der Waals surface area (Å²) in [5, 5.41) is 2.60. The zero-order valence-corrected chi connectivity index (χ0v) is 32.3. The van der Waals surface area contributed by atoms with Crippen molar-refractivity contribution in [2.24, 2.45) is 0 Å². The molecule has 1 aromatic heterocycles. The van der Waals surface area contributed by atoms with Crippen molar-refractivity contribution >= 4 is 48.6 Å². The Morgan fingerprint density at radius 1 is 0.491 bits per heavy atom. The van der Waals surface area contributed by atoms with Crippen molar-refractivity contribution < 1.29 is 0 Å². The van der Waals surface area contributed by atoms with E-state index in [0.717, 1.165) is 29.9 Å². The summed E-state index contributed by atoms with van der Waals surface area (Å²) in [4.78, 5) is 2.51. The van der Waals surface area contributed by atoms with E-state index < -0.39 is 5.41 Å². The van der Waals surface area contributed by atoms with Crippen LogP contribution >= 0.6 is 11.3 Å². The van der Waals surface area contributed by atoms with E-state index in [4.69, 9.17) is 0 Å². The molecule has 57 heavy (non-hydrogen) atoms. The number of hydrogen-bond acceptors (Lipinski definition) is 2. The molecule has 0 spiro atoms. The molecule has 2 aliphatic carbocycles. The van der Waals surface area contributed by atoms with Crippen LogP contribution in [0.1, 0.15) is 29.5 Å². The zero-order chi connectivity index (χ0) is 37.8. The van der Waals surface area contributed by atoms with Crippen LogP contribution in [0.5, 0.6) is 0 Å². The summed E-state index contributed by atoms with van der Waals surface area (Å²) in [7, 11) is 0. The molecule has 8 aromatic carbocycles. The van der Waals surface area contributed by atoms with Crippen LogP contribution in [-0.2, 0) is 5.41 Å². The third-order valence-electron chi connectivity index (χ3n) is 12.0. The second kappa shape index (κ2) is 13.8. The third kappa shape index (κ3) is 5.36. The van der Waals surface area contributed by atoms with Crippen molar-refractivity contribution in [3.8, 4) is 33.4 Å². The molecule has 0 aliphatic heterocycles. The summed E-state index contributed by atoms with van der Waals surface area (Å²) in [6.45, 7) is 0. The molecule has 0 amide bonds. The standard InChI is InChI=1S/C55H39NS/c1-5-17-38(18-6-1)39-29-31-43(32-30-39)56(51-36-35-48-47-26-14-16-28-52(47)57-54(48)53(51)40-19-7-2-8-20-40)44-33-34-46-45-25-13-15-27-49(45)55(50(46)37-44,41-21-9-3-10-22-41)42-23-11-4-12-24-42/h1-11,13-23,25-37H,12,24H2. The van der Waals surface area contributed by atoms with Gasteiger partial charge in [-0.05, 0) is 93.7 Å². The Morgan fingerprint density at radius 3 is 1.91 bits per heavy atom. The number of allylic oxidation sites excluding steroid dienone is 4. The number of rotatable bonds is 7. The zero-order valence-electron chi connectivity index (χ0n) is 31.5. The lowest BCUT2D eigenvalue weighted by atomic mass is 9.65. The maximum atomic E-state index is 2.51. The lowest BCUT2D eigenvalue weighted by molar-refractivity contribution is 0.693. The number of hydrogen-bond donors (Lipinski definition) is 0. The van der Waals surface area contributed by atoms with Crippen molar-refractivity contribution in [1.82, 2.24) is 0 Å². The Hall–Kier alpha value is -6.74. The first kappa shape index (κ1) is 33.6. The highest BCUT2D eigenvalue weighted by Gasteiger charge is 2.47. The molecule has 0 saturated heterocycles. The summed E-state index contributed by atoms with van der Waals surface area (Å²) < 4.78 is 2.61. The van der Waals surface area contributed by atoms with Gasteiger partial charge in [-0.15, -0.1) is 11.3 Å². The first-order valence-corrected chi connectivity index (χ1v) is 20.7. The summed E-state index contributed by atoms with van der Waals surface area (Å²) in [5.41, 5.74) is 15.9. The maximum Gasteiger partial charge on any atom is 0.0677 e. The SMILES string of the molecule is C1=CCCC(C2(c3ccccc3)c3ccccc3-c3ccc(N(c4ccc(-c5ccccc5)cc4)c4ccc5c(sc6ccccc65)c4-c4ccccc4)cc32)=C1. The first-order valence-electron chi connectivity index (χ1n) is 19.9. The van der Waals surface area contributed by atoms with E-state index in [0.29, 0.717) is 0 Å². The predicted octanol–water partition coefficient (Wildman–Crippen LogP) is 15.4. The number of nitrogens with zero attached hydrogens (tertiary/aromatic N) is 1. The van der Waals surface area contributed by atoms with Gasteiger partial charge < -0.3 is 4.90 Å². The van der Waals surface area contributed by atoms with Gasteiger partial charge in [0, 0.05) is 37.1 Å². The van der Waals surface area contributed by atoms with Crippen LogP contribution in [0.15, 0.2) is 218 Å². The molecule has 0 bridgehead atoms. The Kier molecular flexibility index (Phi) is 8.12. The van der Waals surface area contributed by atoms with Gasteiger partial charge in [0.1, 0.15) is 0 Å². The van der Waals surface area contributed by atoms with Gasteiger partial charge in [0.15, 0.2) is 0 Å². The molecule has 1 atom stereocenters. The molecule has 0 fully saturated rings. The number of benzene rings is 8. The van der Waals surface area contributed by atoms with Gasteiger partial charge in [-0.1, -0.05) is 182 Å².